The number of carbonyl (C=O) groups excluding carboxylic acids is 1. The van der Waals surface area contributed by atoms with Crippen LogP contribution in [0.5, 0.6) is 0 Å². The van der Waals surface area contributed by atoms with Gasteiger partial charge in [-0.2, -0.15) is 5.10 Å². The largest absolute Gasteiger partial charge is 0.376 e. The van der Waals surface area contributed by atoms with Gasteiger partial charge in [0.1, 0.15) is 0 Å². The molecular formula is C13H14N4O2. The molecule has 98 valence electrons. The highest BCUT2D eigenvalue weighted by Crippen LogP contribution is 2.17. The maximum atomic E-state index is 12.1. The molecular weight excluding hydrogens is 244 g/mol. The first-order valence-corrected chi connectivity index (χ1v) is 6.16. The molecule has 0 spiro atoms. The molecule has 0 saturated carbocycles. The predicted molar refractivity (Wildman–Crippen MR) is 67.4 cm³/mol. The summed E-state index contributed by atoms with van der Waals surface area (Å²) in [5, 5.41) is 9.78. The molecule has 1 amide bonds. The standard InChI is InChI=1S/C13H14N4O2/c18-13(15-7-9-3-1-2-5-14-9)12-10-8-19-6-4-11(10)16-17-12/h1-3,5H,4,6-8H2,(H,15,18)(H,16,17). The average molecular weight is 258 g/mol. The lowest BCUT2D eigenvalue weighted by molar-refractivity contribution is 0.0922. The second-order valence-electron chi connectivity index (χ2n) is 4.34. The number of fused-ring (bicyclic) bond motifs is 1. The van der Waals surface area contributed by atoms with Crippen LogP contribution in [0.3, 0.4) is 0 Å². The van der Waals surface area contributed by atoms with Crippen molar-refractivity contribution in [1.29, 1.82) is 0 Å². The van der Waals surface area contributed by atoms with Crippen LogP contribution < -0.4 is 5.32 Å². The Kier molecular flexibility index (Phi) is 3.24. The molecule has 3 rings (SSSR count). The Bertz CT molecular complexity index is 580. The van der Waals surface area contributed by atoms with E-state index in [1.807, 2.05) is 18.2 Å². The number of rotatable bonds is 3. The minimum Gasteiger partial charge on any atom is -0.376 e. The van der Waals surface area contributed by atoms with Crippen molar-refractivity contribution >= 4 is 5.91 Å². The maximum Gasteiger partial charge on any atom is 0.272 e. The molecule has 6 nitrogen and oxygen atoms in total. The minimum atomic E-state index is -0.200. The summed E-state index contributed by atoms with van der Waals surface area (Å²) in [5.74, 6) is -0.200. The highest BCUT2D eigenvalue weighted by molar-refractivity contribution is 5.93. The van der Waals surface area contributed by atoms with Gasteiger partial charge in [-0.05, 0) is 12.1 Å². The zero-order chi connectivity index (χ0) is 13.1. The SMILES string of the molecule is O=C(NCc1ccccn1)c1n[nH]c2c1COCC2. The molecule has 0 bridgehead atoms. The van der Waals surface area contributed by atoms with Crippen LogP contribution in [-0.2, 0) is 24.3 Å². The molecule has 0 aliphatic carbocycles. The van der Waals surface area contributed by atoms with Gasteiger partial charge in [0.25, 0.3) is 5.91 Å². The Morgan fingerprint density at radius 2 is 2.42 bits per heavy atom. The highest BCUT2D eigenvalue weighted by atomic mass is 16.5. The Labute approximate surface area is 110 Å². The third-order valence-electron chi connectivity index (χ3n) is 3.07. The molecule has 3 heterocycles. The Morgan fingerprint density at radius 3 is 3.26 bits per heavy atom. The zero-order valence-electron chi connectivity index (χ0n) is 10.3. The third kappa shape index (κ3) is 2.48. The summed E-state index contributed by atoms with van der Waals surface area (Å²) >= 11 is 0. The number of ether oxygens (including phenoxy) is 1. The van der Waals surface area contributed by atoms with Crippen molar-refractivity contribution in [3.8, 4) is 0 Å². The molecule has 0 saturated heterocycles. The van der Waals surface area contributed by atoms with E-state index >= 15 is 0 Å². The molecule has 0 unspecified atom stereocenters. The molecule has 1 aliphatic heterocycles. The normalized spacial score (nSPS) is 13.9. The van der Waals surface area contributed by atoms with Crippen LogP contribution in [0.1, 0.15) is 27.4 Å². The van der Waals surface area contributed by atoms with E-state index in [9.17, 15) is 4.79 Å². The van der Waals surface area contributed by atoms with Gasteiger partial charge in [0.15, 0.2) is 5.69 Å². The lowest BCUT2D eigenvalue weighted by Gasteiger charge is -2.12. The van der Waals surface area contributed by atoms with Crippen molar-refractivity contribution < 1.29 is 9.53 Å². The zero-order valence-corrected chi connectivity index (χ0v) is 10.3. The highest BCUT2D eigenvalue weighted by Gasteiger charge is 2.21. The number of aromatic nitrogens is 3. The van der Waals surface area contributed by atoms with Crippen molar-refractivity contribution in [2.24, 2.45) is 0 Å². The molecule has 6 heteroatoms. The van der Waals surface area contributed by atoms with Crippen LogP contribution in [0.15, 0.2) is 24.4 Å². The fourth-order valence-corrected chi connectivity index (χ4v) is 2.06. The van der Waals surface area contributed by atoms with E-state index in [0.29, 0.717) is 25.5 Å². The van der Waals surface area contributed by atoms with Crippen LogP contribution in [0.2, 0.25) is 0 Å². The van der Waals surface area contributed by atoms with Crippen LogP contribution in [-0.4, -0.2) is 27.7 Å². The molecule has 0 aromatic carbocycles. The number of amides is 1. The van der Waals surface area contributed by atoms with Crippen LogP contribution in [0.25, 0.3) is 0 Å². The molecule has 2 aromatic rings. The summed E-state index contributed by atoms with van der Waals surface area (Å²) in [6.07, 6.45) is 2.47. The number of pyridine rings is 1. The summed E-state index contributed by atoms with van der Waals surface area (Å²) in [6.45, 7) is 1.50. The lowest BCUT2D eigenvalue weighted by Crippen LogP contribution is -2.25. The van der Waals surface area contributed by atoms with Crippen LogP contribution in [0, 0.1) is 0 Å². The summed E-state index contributed by atoms with van der Waals surface area (Å²) in [6, 6.07) is 5.59. The van der Waals surface area contributed by atoms with Gasteiger partial charge in [0, 0.05) is 23.9 Å². The van der Waals surface area contributed by atoms with Crippen LogP contribution in [0.4, 0.5) is 0 Å². The van der Waals surface area contributed by atoms with Gasteiger partial charge >= 0.3 is 0 Å². The first-order chi connectivity index (χ1) is 9.34. The summed E-state index contributed by atoms with van der Waals surface area (Å²) in [5.41, 5.74) is 3.10. The van der Waals surface area contributed by atoms with E-state index in [4.69, 9.17) is 4.74 Å². The number of aromatic amines is 1. The summed E-state index contributed by atoms with van der Waals surface area (Å²) in [4.78, 5) is 16.2. The van der Waals surface area contributed by atoms with Crippen molar-refractivity contribution in [2.45, 2.75) is 19.6 Å². The quantitative estimate of drug-likeness (QED) is 0.853. The number of hydrogen-bond donors (Lipinski definition) is 2. The molecule has 0 radical (unpaired) electrons. The van der Waals surface area contributed by atoms with Gasteiger partial charge in [0.2, 0.25) is 0 Å². The van der Waals surface area contributed by atoms with E-state index < -0.39 is 0 Å². The number of nitrogens with one attached hydrogen (secondary N) is 2. The second kappa shape index (κ2) is 5.19. The van der Waals surface area contributed by atoms with Gasteiger partial charge in [-0.15, -0.1) is 0 Å². The molecule has 2 aromatic heterocycles. The number of H-pyrrole nitrogens is 1. The summed E-state index contributed by atoms with van der Waals surface area (Å²) < 4.78 is 5.36. The lowest BCUT2D eigenvalue weighted by atomic mass is 10.1. The number of nitrogens with zero attached hydrogens (tertiary/aromatic N) is 2. The summed E-state index contributed by atoms with van der Waals surface area (Å²) in [7, 11) is 0. The van der Waals surface area contributed by atoms with Gasteiger partial charge in [-0.3, -0.25) is 14.9 Å². The van der Waals surface area contributed by atoms with Crippen molar-refractivity contribution in [3.63, 3.8) is 0 Å². The number of carbonyl (C=O) groups is 1. The molecule has 19 heavy (non-hydrogen) atoms. The van der Waals surface area contributed by atoms with Gasteiger partial charge in [0.05, 0.1) is 25.5 Å². The molecule has 0 atom stereocenters. The van der Waals surface area contributed by atoms with E-state index in [2.05, 4.69) is 20.5 Å². The van der Waals surface area contributed by atoms with Crippen molar-refractivity contribution in [3.05, 3.63) is 47.0 Å². The Hall–Kier alpha value is -2.21. The first kappa shape index (κ1) is 11.9. The topological polar surface area (TPSA) is 79.9 Å². The van der Waals surface area contributed by atoms with Crippen molar-refractivity contribution in [1.82, 2.24) is 20.5 Å². The van der Waals surface area contributed by atoms with E-state index in [1.165, 1.54) is 0 Å². The first-order valence-electron chi connectivity index (χ1n) is 6.16. The van der Waals surface area contributed by atoms with Crippen molar-refractivity contribution in [2.75, 3.05) is 6.61 Å². The van der Waals surface area contributed by atoms with Crippen LogP contribution >= 0.6 is 0 Å². The molecule has 0 fully saturated rings. The monoisotopic (exact) mass is 258 g/mol. The predicted octanol–water partition coefficient (Wildman–Crippen LogP) is 0.807. The van der Waals surface area contributed by atoms with E-state index in [0.717, 1.165) is 23.4 Å². The Morgan fingerprint density at radius 1 is 1.47 bits per heavy atom. The molecule has 1 aliphatic rings. The van der Waals surface area contributed by atoms with E-state index in [1.54, 1.807) is 6.20 Å². The maximum absolute atomic E-state index is 12.1. The average Bonchev–Trinajstić information content (AvgIpc) is 2.90. The fourth-order valence-electron chi connectivity index (χ4n) is 2.06. The fraction of sp³-hybridized carbons (Fsp3) is 0.308. The van der Waals surface area contributed by atoms with E-state index in [-0.39, 0.29) is 5.91 Å². The smallest absolute Gasteiger partial charge is 0.272 e. The second-order valence-corrected chi connectivity index (χ2v) is 4.34. The Balaban J connectivity index is 1.69. The minimum absolute atomic E-state index is 0.200. The van der Waals surface area contributed by atoms with Gasteiger partial charge in [-0.25, -0.2) is 0 Å². The van der Waals surface area contributed by atoms with Gasteiger partial charge < -0.3 is 10.1 Å². The third-order valence-corrected chi connectivity index (χ3v) is 3.07. The molecule has 2 N–H and O–H groups in total. The number of hydrogen-bond acceptors (Lipinski definition) is 4. The van der Waals surface area contributed by atoms with Gasteiger partial charge in [-0.1, -0.05) is 6.07 Å².